The first kappa shape index (κ1) is 18.3. The Morgan fingerprint density at radius 2 is 2.11 bits per heavy atom. The van der Waals surface area contributed by atoms with Gasteiger partial charge in [0.15, 0.2) is 11.3 Å². The van der Waals surface area contributed by atoms with E-state index in [0.717, 1.165) is 28.3 Å². The highest BCUT2D eigenvalue weighted by atomic mass is 32.2. The predicted octanol–water partition coefficient (Wildman–Crippen LogP) is 3.20. The third-order valence-electron chi connectivity index (χ3n) is 4.59. The van der Waals surface area contributed by atoms with Gasteiger partial charge in [0.05, 0.1) is 5.36 Å². The lowest BCUT2D eigenvalue weighted by Crippen LogP contribution is -2.50. The van der Waals surface area contributed by atoms with Crippen LogP contribution >= 0.6 is 23.1 Å². The van der Waals surface area contributed by atoms with Crippen molar-refractivity contribution in [3.05, 3.63) is 57.2 Å². The van der Waals surface area contributed by atoms with Crippen LogP contribution in [0, 0.1) is 0 Å². The minimum Gasteiger partial charge on any atom is -0.298 e. The van der Waals surface area contributed by atoms with Crippen molar-refractivity contribution in [2.45, 2.75) is 38.8 Å². The highest BCUT2D eigenvalue weighted by Crippen LogP contribution is 2.31. The summed E-state index contributed by atoms with van der Waals surface area (Å²) in [5.74, 6) is 0.850. The molecular formula is C20H22N4OS2. The molecule has 2 aromatic rings. The highest BCUT2D eigenvalue weighted by molar-refractivity contribution is 8.13. The summed E-state index contributed by atoms with van der Waals surface area (Å²) in [6, 6.07) is 9.81. The number of hydrogen-bond acceptors (Lipinski definition) is 6. The number of fused-ring (bicyclic) bond motifs is 2. The van der Waals surface area contributed by atoms with Crippen molar-refractivity contribution >= 4 is 39.9 Å². The summed E-state index contributed by atoms with van der Waals surface area (Å²) >= 11 is 3.24. The summed E-state index contributed by atoms with van der Waals surface area (Å²) in [6.07, 6.45) is 4.51. The molecule has 2 aliphatic rings. The number of carbonyl (C=O) groups excluding carboxylic acids is 1. The van der Waals surface area contributed by atoms with Crippen LogP contribution in [-0.2, 0) is 4.79 Å². The predicted molar refractivity (Wildman–Crippen MR) is 112 cm³/mol. The fourth-order valence-corrected chi connectivity index (χ4v) is 4.75. The summed E-state index contributed by atoms with van der Waals surface area (Å²) in [4.78, 5) is 17.8. The zero-order valence-corrected chi connectivity index (χ0v) is 16.9. The number of hydrazone groups is 1. The Balaban J connectivity index is 1.68. The lowest BCUT2D eigenvalue weighted by atomic mass is 10.1. The van der Waals surface area contributed by atoms with Crippen LogP contribution in [0.1, 0.15) is 44.3 Å². The van der Waals surface area contributed by atoms with Gasteiger partial charge in [-0.05, 0) is 29.3 Å². The Kier molecular flexibility index (Phi) is 5.59. The Labute approximate surface area is 166 Å². The third kappa shape index (κ3) is 3.80. The third-order valence-corrected chi connectivity index (χ3v) is 6.24. The first-order chi connectivity index (χ1) is 13.3. The van der Waals surface area contributed by atoms with Gasteiger partial charge in [-0.25, -0.2) is 5.01 Å². The largest absolute Gasteiger partial charge is 0.298 e. The lowest BCUT2D eigenvalue weighted by Gasteiger charge is -2.33. The molecule has 1 unspecified atom stereocenters. The van der Waals surface area contributed by atoms with Crippen molar-refractivity contribution in [2.75, 3.05) is 5.75 Å². The minimum atomic E-state index is -0.303. The number of thioether (sulfide) groups is 1. The zero-order chi connectivity index (χ0) is 18.6. The second-order valence-electron chi connectivity index (χ2n) is 6.54. The van der Waals surface area contributed by atoms with Gasteiger partial charge in [-0.15, -0.1) is 5.10 Å². The van der Waals surface area contributed by atoms with Gasteiger partial charge in [0, 0.05) is 16.5 Å². The first-order valence-electron chi connectivity index (χ1n) is 9.29. The number of nitrogens with zero attached hydrogens (tertiary/aromatic N) is 3. The van der Waals surface area contributed by atoms with Crippen LogP contribution in [0.15, 0.2) is 51.2 Å². The van der Waals surface area contributed by atoms with E-state index < -0.39 is 0 Å². The van der Waals surface area contributed by atoms with Crippen LogP contribution in [0.25, 0.3) is 5.70 Å². The average Bonchev–Trinajstić information content (AvgIpc) is 3.21. The average molecular weight is 399 g/mol. The van der Waals surface area contributed by atoms with Crippen LogP contribution < -0.4 is 15.9 Å². The van der Waals surface area contributed by atoms with E-state index in [1.807, 2.05) is 35.7 Å². The molecule has 0 fully saturated rings. The molecule has 1 aromatic heterocycles. The molecule has 0 aliphatic carbocycles. The molecule has 3 heterocycles. The van der Waals surface area contributed by atoms with Crippen molar-refractivity contribution in [2.24, 2.45) is 10.1 Å². The molecular weight excluding hydrogens is 376 g/mol. The number of benzene rings is 1. The SMILES string of the molecule is CCCCCCSC1=NN2C(=c3ccccc3=NC2c2ccsc2)C(=O)N1. The van der Waals surface area contributed by atoms with Crippen LogP contribution in [0.4, 0.5) is 0 Å². The van der Waals surface area contributed by atoms with Crippen molar-refractivity contribution in [1.82, 2.24) is 10.3 Å². The molecule has 0 bridgehead atoms. The molecule has 1 aromatic carbocycles. The second kappa shape index (κ2) is 8.27. The Morgan fingerprint density at radius 1 is 1.22 bits per heavy atom. The zero-order valence-electron chi connectivity index (χ0n) is 15.2. The molecule has 5 nitrogen and oxygen atoms in total. The topological polar surface area (TPSA) is 57.1 Å². The Bertz CT molecular complexity index is 968. The molecule has 2 aliphatic heterocycles. The van der Waals surface area contributed by atoms with Crippen LogP contribution in [-0.4, -0.2) is 21.8 Å². The molecule has 0 spiro atoms. The maximum absolute atomic E-state index is 12.9. The number of nitrogens with one attached hydrogen (secondary N) is 1. The van der Waals surface area contributed by atoms with E-state index in [2.05, 4.69) is 17.6 Å². The standard InChI is InChI=1S/C20H22N4OS2/c1-2-3-4-7-11-27-20-22-19(25)17-15-8-5-6-9-16(15)21-18(24(17)23-20)14-10-12-26-13-14/h5-6,8-10,12-13,18H,2-4,7,11H2,1H3,(H,22,23,25). The Morgan fingerprint density at radius 3 is 2.93 bits per heavy atom. The summed E-state index contributed by atoms with van der Waals surface area (Å²) < 4.78 is 0. The molecule has 27 heavy (non-hydrogen) atoms. The van der Waals surface area contributed by atoms with Crippen LogP contribution in [0.5, 0.6) is 0 Å². The van der Waals surface area contributed by atoms with Crippen LogP contribution in [0.3, 0.4) is 0 Å². The quantitative estimate of drug-likeness (QED) is 0.760. The van der Waals surface area contributed by atoms with E-state index >= 15 is 0 Å². The van der Waals surface area contributed by atoms with Gasteiger partial charge in [0.2, 0.25) is 0 Å². The number of rotatable bonds is 6. The number of carbonyl (C=O) groups is 1. The molecule has 140 valence electrons. The number of amides is 1. The maximum atomic E-state index is 12.9. The molecule has 1 N–H and O–H groups in total. The lowest BCUT2D eigenvalue weighted by molar-refractivity contribution is -0.116. The van der Waals surface area contributed by atoms with Crippen molar-refractivity contribution in [3.8, 4) is 0 Å². The maximum Gasteiger partial charge on any atom is 0.276 e. The molecule has 0 saturated carbocycles. The number of amidine groups is 1. The number of para-hydroxylation sites is 1. The monoisotopic (exact) mass is 398 g/mol. The second-order valence-corrected chi connectivity index (χ2v) is 8.40. The molecule has 1 amide bonds. The number of unbranched alkanes of at least 4 members (excludes halogenated alkanes) is 3. The van der Waals surface area contributed by atoms with Crippen molar-refractivity contribution in [3.63, 3.8) is 0 Å². The summed E-state index contributed by atoms with van der Waals surface area (Å²) in [5, 5.41) is 15.9. The van der Waals surface area contributed by atoms with Gasteiger partial charge in [-0.1, -0.05) is 56.1 Å². The van der Waals surface area contributed by atoms with Gasteiger partial charge < -0.3 is 0 Å². The van der Waals surface area contributed by atoms with Crippen molar-refractivity contribution in [1.29, 1.82) is 0 Å². The van der Waals surface area contributed by atoms with Gasteiger partial charge in [-0.2, -0.15) is 11.3 Å². The number of thiophene rings is 1. The fourth-order valence-electron chi connectivity index (χ4n) is 3.23. The normalized spacial score (nSPS) is 18.3. The Hall–Kier alpha value is -2.12. The summed E-state index contributed by atoms with van der Waals surface area (Å²) in [7, 11) is 0. The molecule has 0 saturated heterocycles. The van der Waals surface area contributed by atoms with Crippen LogP contribution in [0.2, 0.25) is 0 Å². The van der Waals surface area contributed by atoms with Gasteiger partial charge in [0.1, 0.15) is 5.70 Å². The summed E-state index contributed by atoms with van der Waals surface area (Å²) in [5.41, 5.74) is 1.63. The molecule has 7 heteroatoms. The molecule has 0 radical (unpaired) electrons. The molecule has 1 atom stereocenters. The van der Waals surface area contributed by atoms with E-state index in [1.54, 1.807) is 28.1 Å². The van der Waals surface area contributed by atoms with Crippen molar-refractivity contribution < 1.29 is 4.79 Å². The minimum absolute atomic E-state index is 0.108. The van der Waals surface area contributed by atoms with E-state index in [0.29, 0.717) is 10.9 Å². The van der Waals surface area contributed by atoms with E-state index in [1.165, 1.54) is 19.3 Å². The van der Waals surface area contributed by atoms with Gasteiger partial charge >= 0.3 is 0 Å². The fraction of sp³-hybridized carbons (Fsp3) is 0.350. The summed E-state index contributed by atoms with van der Waals surface area (Å²) in [6.45, 7) is 2.21. The van der Waals surface area contributed by atoms with E-state index in [4.69, 9.17) is 10.1 Å². The van der Waals surface area contributed by atoms with Gasteiger partial charge in [0.25, 0.3) is 5.91 Å². The van der Waals surface area contributed by atoms with E-state index in [9.17, 15) is 4.79 Å². The number of hydrogen-bond donors (Lipinski definition) is 1. The van der Waals surface area contributed by atoms with E-state index in [-0.39, 0.29) is 12.1 Å². The molecule has 4 rings (SSSR count). The highest BCUT2D eigenvalue weighted by Gasteiger charge is 2.34. The smallest absolute Gasteiger partial charge is 0.276 e. The van der Waals surface area contributed by atoms with Gasteiger partial charge in [-0.3, -0.25) is 15.1 Å². The first-order valence-corrected chi connectivity index (χ1v) is 11.2.